The topological polar surface area (TPSA) is 112 Å². The van der Waals surface area contributed by atoms with Crippen LogP contribution in [0.1, 0.15) is 19.4 Å². The van der Waals surface area contributed by atoms with Crippen LogP contribution in [-0.2, 0) is 12.6 Å². The summed E-state index contributed by atoms with van der Waals surface area (Å²) in [4.78, 5) is 13.1. The SMILES string of the molecule is CCNC(=NCC(C)(O)c1ccccc1)NCCNc1ncnc2c1cnn2C. The van der Waals surface area contributed by atoms with Crippen LogP contribution < -0.4 is 16.0 Å². The van der Waals surface area contributed by atoms with Gasteiger partial charge in [0.2, 0.25) is 0 Å². The van der Waals surface area contributed by atoms with Crippen molar-refractivity contribution in [2.75, 3.05) is 31.5 Å². The number of hydrogen-bond acceptors (Lipinski definition) is 6. The van der Waals surface area contributed by atoms with Crippen molar-refractivity contribution in [1.82, 2.24) is 30.4 Å². The Hall–Kier alpha value is -3.20. The van der Waals surface area contributed by atoms with E-state index in [1.54, 1.807) is 17.8 Å². The molecule has 3 rings (SSSR count). The molecular formula is C20H28N8O. The van der Waals surface area contributed by atoms with Crippen molar-refractivity contribution in [3.05, 3.63) is 48.4 Å². The zero-order valence-electron chi connectivity index (χ0n) is 17.1. The molecule has 29 heavy (non-hydrogen) atoms. The molecule has 0 saturated carbocycles. The fraction of sp³-hybridized carbons (Fsp3) is 0.400. The van der Waals surface area contributed by atoms with Crippen LogP contribution in [0.15, 0.2) is 47.8 Å². The summed E-state index contributed by atoms with van der Waals surface area (Å²) >= 11 is 0. The first-order valence-electron chi connectivity index (χ1n) is 9.68. The van der Waals surface area contributed by atoms with E-state index >= 15 is 0 Å². The summed E-state index contributed by atoms with van der Waals surface area (Å²) in [5, 5.41) is 25.6. The third kappa shape index (κ3) is 5.20. The van der Waals surface area contributed by atoms with Gasteiger partial charge in [-0.05, 0) is 19.4 Å². The van der Waals surface area contributed by atoms with Crippen molar-refractivity contribution in [3.63, 3.8) is 0 Å². The number of hydrogen-bond donors (Lipinski definition) is 4. The first-order valence-corrected chi connectivity index (χ1v) is 9.68. The van der Waals surface area contributed by atoms with Crippen LogP contribution in [0.2, 0.25) is 0 Å². The van der Waals surface area contributed by atoms with Crippen molar-refractivity contribution in [3.8, 4) is 0 Å². The molecule has 154 valence electrons. The van der Waals surface area contributed by atoms with Crippen LogP contribution in [0.4, 0.5) is 5.82 Å². The van der Waals surface area contributed by atoms with Gasteiger partial charge in [-0.15, -0.1) is 0 Å². The van der Waals surface area contributed by atoms with Crippen LogP contribution in [0, 0.1) is 0 Å². The van der Waals surface area contributed by atoms with E-state index in [-0.39, 0.29) is 6.54 Å². The van der Waals surface area contributed by atoms with Crippen LogP contribution in [-0.4, -0.2) is 57.0 Å². The minimum absolute atomic E-state index is 0.252. The smallest absolute Gasteiger partial charge is 0.191 e. The molecule has 0 fully saturated rings. The highest BCUT2D eigenvalue weighted by molar-refractivity contribution is 5.86. The minimum atomic E-state index is -1.03. The van der Waals surface area contributed by atoms with Crippen molar-refractivity contribution in [2.45, 2.75) is 19.4 Å². The molecule has 1 aromatic carbocycles. The van der Waals surface area contributed by atoms with Gasteiger partial charge in [-0.2, -0.15) is 5.10 Å². The summed E-state index contributed by atoms with van der Waals surface area (Å²) in [6.45, 7) is 6.03. The lowest BCUT2D eigenvalue weighted by atomic mass is 9.96. The van der Waals surface area contributed by atoms with E-state index in [0.717, 1.165) is 29.0 Å². The van der Waals surface area contributed by atoms with Gasteiger partial charge in [0.25, 0.3) is 0 Å². The molecule has 0 aliphatic rings. The van der Waals surface area contributed by atoms with Gasteiger partial charge in [0.1, 0.15) is 17.7 Å². The predicted molar refractivity (Wildman–Crippen MR) is 115 cm³/mol. The standard InChI is InChI=1S/C20H28N8O/c1-4-21-19(24-13-20(2,29)15-8-6-5-7-9-15)23-11-10-22-17-16-12-27-28(3)18(16)26-14-25-17/h5-9,12,14,29H,4,10-11,13H2,1-3H3,(H2,21,23,24)(H,22,25,26). The van der Waals surface area contributed by atoms with Crippen molar-refractivity contribution in [2.24, 2.45) is 12.0 Å². The van der Waals surface area contributed by atoms with Gasteiger partial charge in [0.05, 0.1) is 18.1 Å². The molecule has 4 N–H and O–H groups in total. The molecule has 3 aromatic rings. The number of nitrogens with one attached hydrogen (secondary N) is 3. The first kappa shape index (κ1) is 20.5. The second-order valence-electron chi connectivity index (χ2n) is 6.92. The van der Waals surface area contributed by atoms with Crippen molar-refractivity contribution >= 4 is 22.8 Å². The van der Waals surface area contributed by atoms with Crippen LogP contribution in [0.5, 0.6) is 0 Å². The Morgan fingerprint density at radius 1 is 1.17 bits per heavy atom. The highest BCUT2D eigenvalue weighted by Crippen LogP contribution is 2.20. The van der Waals surface area contributed by atoms with Crippen LogP contribution in [0.25, 0.3) is 11.0 Å². The van der Waals surface area contributed by atoms with Gasteiger partial charge in [-0.25, -0.2) is 15.0 Å². The molecule has 0 saturated heterocycles. The molecule has 2 aromatic heterocycles. The molecular weight excluding hydrogens is 368 g/mol. The second-order valence-corrected chi connectivity index (χ2v) is 6.92. The zero-order chi connectivity index (χ0) is 20.7. The van der Waals surface area contributed by atoms with Gasteiger partial charge in [0.15, 0.2) is 11.6 Å². The summed E-state index contributed by atoms with van der Waals surface area (Å²) in [7, 11) is 1.85. The first-order chi connectivity index (χ1) is 14.0. The summed E-state index contributed by atoms with van der Waals surface area (Å²) in [6, 6.07) is 9.56. The third-order valence-electron chi connectivity index (χ3n) is 4.52. The number of aryl methyl sites for hydroxylation is 1. The van der Waals surface area contributed by atoms with Gasteiger partial charge < -0.3 is 21.1 Å². The number of aliphatic hydroxyl groups is 1. The predicted octanol–water partition coefficient (Wildman–Crippen LogP) is 1.24. The molecule has 1 atom stereocenters. The summed E-state index contributed by atoms with van der Waals surface area (Å²) in [5.74, 6) is 1.40. The number of guanidine groups is 1. The average Bonchev–Trinajstić information content (AvgIpc) is 3.12. The van der Waals surface area contributed by atoms with E-state index in [1.165, 1.54) is 6.33 Å². The van der Waals surface area contributed by atoms with Gasteiger partial charge >= 0.3 is 0 Å². The maximum atomic E-state index is 10.7. The molecule has 0 radical (unpaired) electrons. The third-order valence-corrected chi connectivity index (χ3v) is 4.52. The highest BCUT2D eigenvalue weighted by Gasteiger charge is 2.22. The number of aliphatic imine (C=N–C) groups is 1. The summed E-state index contributed by atoms with van der Waals surface area (Å²) in [6.07, 6.45) is 3.28. The van der Waals surface area contributed by atoms with E-state index < -0.39 is 5.60 Å². The molecule has 9 nitrogen and oxygen atoms in total. The maximum Gasteiger partial charge on any atom is 0.191 e. The number of rotatable bonds is 8. The van der Waals surface area contributed by atoms with Gasteiger partial charge in [-0.1, -0.05) is 30.3 Å². The molecule has 0 aliphatic heterocycles. The van der Waals surface area contributed by atoms with Gasteiger partial charge in [-0.3, -0.25) is 4.68 Å². The quantitative estimate of drug-likeness (QED) is 0.257. The Labute approximate surface area is 170 Å². The maximum absolute atomic E-state index is 10.7. The lowest BCUT2D eigenvalue weighted by molar-refractivity contribution is 0.0672. The number of nitrogens with zero attached hydrogens (tertiary/aromatic N) is 5. The lowest BCUT2D eigenvalue weighted by Crippen LogP contribution is -2.40. The zero-order valence-corrected chi connectivity index (χ0v) is 17.1. The fourth-order valence-electron chi connectivity index (χ4n) is 2.93. The Kier molecular flexibility index (Phi) is 6.61. The lowest BCUT2D eigenvalue weighted by Gasteiger charge is -2.22. The highest BCUT2D eigenvalue weighted by atomic mass is 16.3. The minimum Gasteiger partial charge on any atom is -0.384 e. The average molecular weight is 396 g/mol. The summed E-state index contributed by atoms with van der Waals surface area (Å²) < 4.78 is 1.72. The molecule has 1 unspecified atom stereocenters. The molecule has 0 spiro atoms. The molecule has 9 heteroatoms. The van der Waals surface area contributed by atoms with Crippen LogP contribution in [0.3, 0.4) is 0 Å². The molecule has 0 amide bonds. The number of fused-ring (bicyclic) bond motifs is 1. The Balaban J connectivity index is 1.56. The van der Waals surface area contributed by atoms with Gasteiger partial charge in [0, 0.05) is 26.7 Å². The number of benzene rings is 1. The second kappa shape index (κ2) is 9.33. The molecule has 0 bridgehead atoms. The normalized spacial score (nSPS) is 13.9. The van der Waals surface area contributed by atoms with E-state index in [0.29, 0.717) is 19.0 Å². The summed E-state index contributed by atoms with van der Waals surface area (Å²) in [5.41, 5.74) is 0.591. The monoisotopic (exact) mass is 396 g/mol. The van der Waals surface area contributed by atoms with E-state index in [2.05, 4.69) is 36.0 Å². The number of anilines is 1. The Morgan fingerprint density at radius 2 is 1.97 bits per heavy atom. The van der Waals surface area contributed by atoms with E-state index in [4.69, 9.17) is 0 Å². The molecule has 0 aliphatic carbocycles. The van der Waals surface area contributed by atoms with E-state index in [1.807, 2.05) is 44.3 Å². The fourth-order valence-corrected chi connectivity index (χ4v) is 2.93. The molecule has 2 heterocycles. The van der Waals surface area contributed by atoms with Crippen molar-refractivity contribution in [1.29, 1.82) is 0 Å². The Morgan fingerprint density at radius 3 is 2.72 bits per heavy atom. The van der Waals surface area contributed by atoms with E-state index in [9.17, 15) is 5.11 Å². The van der Waals surface area contributed by atoms with Crippen molar-refractivity contribution < 1.29 is 5.11 Å². The largest absolute Gasteiger partial charge is 0.384 e. The van der Waals surface area contributed by atoms with Crippen LogP contribution >= 0.6 is 0 Å². The Bertz CT molecular complexity index is 952. The number of aromatic nitrogens is 4.